The van der Waals surface area contributed by atoms with E-state index in [0.717, 1.165) is 11.4 Å². The monoisotopic (exact) mass is 242 g/mol. The van der Waals surface area contributed by atoms with Crippen LogP contribution in [0.15, 0.2) is 36.5 Å². The topological polar surface area (TPSA) is 17.8 Å². The molecule has 0 aliphatic carbocycles. The standard InChI is InChI=1S/C16H22N2/c1-12(2)13-6-8-14(9-7-13)18-11-10-15(17-18)16(3,4)5/h6-12H,1-5H3. The summed E-state index contributed by atoms with van der Waals surface area (Å²) in [7, 11) is 0. The third-order valence-electron chi connectivity index (χ3n) is 3.18. The van der Waals surface area contributed by atoms with Gasteiger partial charge in [0.1, 0.15) is 0 Å². The van der Waals surface area contributed by atoms with Gasteiger partial charge in [-0.1, -0.05) is 46.8 Å². The molecule has 0 fully saturated rings. The van der Waals surface area contributed by atoms with Gasteiger partial charge < -0.3 is 0 Å². The fourth-order valence-electron chi connectivity index (χ4n) is 1.88. The van der Waals surface area contributed by atoms with E-state index >= 15 is 0 Å². The molecule has 1 aromatic carbocycles. The van der Waals surface area contributed by atoms with Gasteiger partial charge in [0.05, 0.1) is 11.4 Å². The van der Waals surface area contributed by atoms with Gasteiger partial charge in [-0.25, -0.2) is 4.68 Å². The van der Waals surface area contributed by atoms with Crippen molar-refractivity contribution < 1.29 is 0 Å². The van der Waals surface area contributed by atoms with Gasteiger partial charge in [-0.05, 0) is 29.7 Å². The molecule has 1 heterocycles. The van der Waals surface area contributed by atoms with Crippen molar-refractivity contribution in [1.29, 1.82) is 0 Å². The molecule has 0 unspecified atom stereocenters. The molecule has 0 spiro atoms. The lowest BCUT2D eigenvalue weighted by atomic mass is 9.93. The van der Waals surface area contributed by atoms with Crippen LogP contribution in [0.3, 0.4) is 0 Å². The Bertz CT molecular complexity index is 513. The molecular weight excluding hydrogens is 220 g/mol. The lowest BCUT2D eigenvalue weighted by molar-refractivity contribution is 0.560. The van der Waals surface area contributed by atoms with Gasteiger partial charge in [0.15, 0.2) is 0 Å². The van der Waals surface area contributed by atoms with Crippen LogP contribution in [0, 0.1) is 0 Å². The summed E-state index contributed by atoms with van der Waals surface area (Å²) < 4.78 is 1.95. The molecule has 2 aromatic rings. The number of rotatable bonds is 2. The van der Waals surface area contributed by atoms with Crippen molar-refractivity contribution in [2.24, 2.45) is 0 Å². The Morgan fingerprint density at radius 2 is 1.61 bits per heavy atom. The van der Waals surface area contributed by atoms with Gasteiger partial charge in [0.25, 0.3) is 0 Å². The molecule has 0 N–H and O–H groups in total. The highest BCUT2D eigenvalue weighted by Gasteiger charge is 2.16. The first-order chi connectivity index (χ1) is 8.38. The molecule has 0 saturated heterocycles. The molecule has 2 heteroatoms. The van der Waals surface area contributed by atoms with Crippen molar-refractivity contribution in [2.75, 3.05) is 0 Å². The molecule has 0 aliphatic heterocycles. The zero-order valence-electron chi connectivity index (χ0n) is 11.9. The Balaban J connectivity index is 2.29. The maximum Gasteiger partial charge on any atom is 0.0682 e. The first-order valence-corrected chi connectivity index (χ1v) is 6.54. The van der Waals surface area contributed by atoms with E-state index in [2.05, 4.69) is 70.0 Å². The predicted molar refractivity (Wildman–Crippen MR) is 76.4 cm³/mol. The number of hydrogen-bond donors (Lipinski definition) is 0. The van der Waals surface area contributed by atoms with Crippen molar-refractivity contribution in [1.82, 2.24) is 9.78 Å². The normalized spacial score (nSPS) is 12.1. The fourth-order valence-corrected chi connectivity index (χ4v) is 1.88. The van der Waals surface area contributed by atoms with E-state index in [1.165, 1.54) is 5.56 Å². The summed E-state index contributed by atoms with van der Waals surface area (Å²) in [5.41, 5.74) is 3.70. The molecule has 96 valence electrons. The molecule has 1 aromatic heterocycles. The molecule has 2 nitrogen and oxygen atoms in total. The van der Waals surface area contributed by atoms with Crippen molar-refractivity contribution in [3.8, 4) is 5.69 Å². The average molecular weight is 242 g/mol. The Hall–Kier alpha value is -1.57. The summed E-state index contributed by atoms with van der Waals surface area (Å²) >= 11 is 0. The van der Waals surface area contributed by atoms with Gasteiger partial charge in [0.2, 0.25) is 0 Å². The summed E-state index contributed by atoms with van der Waals surface area (Å²) in [5.74, 6) is 0.571. The molecule has 18 heavy (non-hydrogen) atoms. The summed E-state index contributed by atoms with van der Waals surface area (Å²) in [5, 5.41) is 4.64. The summed E-state index contributed by atoms with van der Waals surface area (Å²) in [6.07, 6.45) is 2.03. The second kappa shape index (κ2) is 4.60. The highest BCUT2D eigenvalue weighted by Crippen LogP contribution is 2.21. The largest absolute Gasteiger partial charge is 0.241 e. The number of nitrogens with zero attached hydrogens (tertiary/aromatic N) is 2. The van der Waals surface area contributed by atoms with E-state index in [1.807, 2.05) is 10.9 Å². The van der Waals surface area contributed by atoms with Crippen LogP contribution in [0.5, 0.6) is 0 Å². The second-order valence-electron chi connectivity index (χ2n) is 6.14. The third-order valence-corrected chi connectivity index (χ3v) is 3.18. The summed E-state index contributed by atoms with van der Waals surface area (Å²) in [4.78, 5) is 0. The molecule has 0 aliphatic rings. The maximum absolute atomic E-state index is 4.64. The lowest BCUT2D eigenvalue weighted by Gasteiger charge is -2.14. The first-order valence-electron chi connectivity index (χ1n) is 6.54. The minimum atomic E-state index is 0.100. The highest BCUT2D eigenvalue weighted by atomic mass is 15.3. The minimum Gasteiger partial charge on any atom is -0.241 e. The Labute approximate surface area is 110 Å². The van der Waals surface area contributed by atoms with Crippen LogP contribution in [-0.2, 0) is 5.41 Å². The smallest absolute Gasteiger partial charge is 0.0682 e. The van der Waals surface area contributed by atoms with E-state index in [4.69, 9.17) is 0 Å². The van der Waals surface area contributed by atoms with Crippen molar-refractivity contribution >= 4 is 0 Å². The maximum atomic E-state index is 4.64. The van der Waals surface area contributed by atoms with Gasteiger partial charge in [-0.2, -0.15) is 5.10 Å². The summed E-state index contributed by atoms with van der Waals surface area (Å²) in [6, 6.07) is 10.7. The fraction of sp³-hybridized carbons (Fsp3) is 0.438. The van der Waals surface area contributed by atoms with Crippen molar-refractivity contribution in [3.05, 3.63) is 47.8 Å². The van der Waals surface area contributed by atoms with Crippen LogP contribution in [0.2, 0.25) is 0 Å². The number of benzene rings is 1. The first kappa shape index (κ1) is 12.9. The third kappa shape index (κ3) is 2.63. The highest BCUT2D eigenvalue weighted by molar-refractivity contribution is 5.35. The van der Waals surface area contributed by atoms with Crippen LogP contribution in [0.25, 0.3) is 5.69 Å². The van der Waals surface area contributed by atoms with E-state index in [0.29, 0.717) is 5.92 Å². The number of hydrogen-bond acceptors (Lipinski definition) is 1. The van der Waals surface area contributed by atoms with Crippen LogP contribution in [-0.4, -0.2) is 9.78 Å². The minimum absolute atomic E-state index is 0.100. The molecule has 0 atom stereocenters. The molecule has 0 saturated carbocycles. The average Bonchev–Trinajstić information content (AvgIpc) is 2.78. The van der Waals surface area contributed by atoms with E-state index in [-0.39, 0.29) is 5.41 Å². The molecule has 0 amide bonds. The van der Waals surface area contributed by atoms with Gasteiger partial charge >= 0.3 is 0 Å². The Kier molecular flexibility index (Phi) is 3.29. The molecule has 2 rings (SSSR count). The Morgan fingerprint density at radius 1 is 1.00 bits per heavy atom. The lowest BCUT2D eigenvalue weighted by Crippen LogP contribution is -2.12. The Morgan fingerprint density at radius 3 is 2.06 bits per heavy atom. The van der Waals surface area contributed by atoms with Crippen LogP contribution < -0.4 is 0 Å². The number of aromatic nitrogens is 2. The SMILES string of the molecule is CC(C)c1ccc(-n2ccc(C(C)(C)C)n2)cc1. The second-order valence-corrected chi connectivity index (χ2v) is 6.14. The zero-order chi connectivity index (χ0) is 13.3. The molecule has 0 radical (unpaired) electrons. The molecule has 0 bridgehead atoms. The van der Waals surface area contributed by atoms with E-state index < -0.39 is 0 Å². The van der Waals surface area contributed by atoms with Crippen LogP contribution in [0.4, 0.5) is 0 Å². The zero-order valence-corrected chi connectivity index (χ0v) is 11.9. The van der Waals surface area contributed by atoms with Crippen LogP contribution in [0.1, 0.15) is 51.8 Å². The quantitative estimate of drug-likeness (QED) is 0.768. The molecular formula is C16H22N2. The van der Waals surface area contributed by atoms with E-state index in [1.54, 1.807) is 0 Å². The van der Waals surface area contributed by atoms with Crippen LogP contribution >= 0.6 is 0 Å². The predicted octanol–water partition coefficient (Wildman–Crippen LogP) is 4.29. The van der Waals surface area contributed by atoms with Crippen molar-refractivity contribution in [3.63, 3.8) is 0 Å². The van der Waals surface area contributed by atoms with Crippen molar-refractivity contribution in [2.45, 2.75) is 46.0 Å². The van der Waals surface area contributed by atoms with Gasteiger partial charge in [-0.15, -0.1) is 0 Å². The van der Waals surface area contributed by atoms with E-state index in [9.17, 15) is 0 Å². The van der Waals surface area contributed by atoms with Gasteiger partial charge in [-0.3, -0.25) is 0 Å². The van der Waals surface area contributed by atoms with Gasteiger partial charge in [0, 0.05) is 11.6 Å². The summed E-state index contributed by atoms with van der Waals surface area (Å²) in [6.45, 7) is 11.0.